The molecule has 0 aliphatic rings. The van der Waals surface area contributed by atoms with Gasteiger partial charge in [0.05, 0.1) is 35.3 Å². The molecule has 0 saturated carbocycles. The number of rotatable bonds is 5. The van der Waals surface area contributed by atoms with Crippen LogP contribution < -0.4 is 10.9 Å². The average molecular weight is 506 g/mol. The van der Waals surface area contributed by atoms with E-state index in [1.54, 1.807) is 42.6 Å². The van der Waals surface area contributed by atoms with Crippen molar-refractivity contribution in [3.63, 3.8) is 0 Å². The molecule has 4 rings (SSSR count). The number of alkyl halides is 6. The lowest BCUT2D eigenvalue weighted by Crippen LogP contribution is -2.29. The normalized spacial score (nSPS) is 12.1. The maximum absolute atomic E-state index is 13.1. The van der Waals surface area contributed by atoms with Gasteiger partial charge in [0.2, 0.25) is 0 Å². The van der Waals surface area contributed by atoms with Crippen molar-refractivity contribution >= 4 is 16.7 Å². The minimum absolute atomic E-state index is 0.0554. The number of benzene rings is 2. The Hall–Kier alpha value is -4.22. The second-order valence-electron chi connectivity index (χ2n) is 7.79. The lowest BCUT2D eigenvalue weighted by molar-refractivity contribution is -0.143. The maximum atomic E-state index is 13.1. The Balaban J connectivity index is 1.68. The Morgan fingerprint density at radius 3 is 2.11 bits per heavy atom. The van der Waals surface area contributed by atoms with Gasteiger partial charge in [0.15, 0.2) is 0 Å². The monoisotopic (exact) mass is 506 g/mol. The summed E-state index contributed by atoms with van der Waals surface area (Å²) in [6.45, 7) is -0.300. The first kappa shape index (κ1) is 24.9. The molecule has 0 fully saturated rings. The number of carbonyl (C=O) groups is 1. The maximum Gasteiger partial charge on any atom is 0.416 e. The van der Waals surface area contributed by atoms with Crippen LogP contribution in [0.1, 0.15) is 32.7 Å². The van der Waals surface area contributed by atoms with Gasteiger partial charge in [-0.3, -0.25) is 14.6 Å². The van der Waals surface area contributed by atoms with Gasteiger partial charge < -0.3 is 5.32 Å². The molecule has 0 spiro atoms. The number of carbonyl (C=O) groups excluding carboxylic acids is 1. The van der Waals surface area contributed by atoms with E-state index in [4.69, 9.17) is 0 Å². The fourth-order valence-corrected chi connectivity index (χ4v) is 3.56. The van der Waals surface area contributed by atoms with E-state index in [1.807, 2.05) is 0 Å². The molecule has 0 aliphatic heterocycles. The summed E-state index contributed by atoms with van der Waals surface area (Å²) >= 11 is 0. The summed E-state index contributed by atoms with van der Waals surface area (Å²) in [5, 5.41) is 7.24. The van der Waals surface area contributed by atoms with E-state index in [-0.39, 0.29) is 30.2 Å². The summed E-state index contributed by atoms with van der Waals surface area (Å²) in [7, 11) is 0. The van der Waals surface area contributed by atoms with Crippen molar-refractivity contribution in [3.8, 4) is 0 Å². The number of nitrogens with one attached hydrogen (secondary N) is 1. The minimum atomic E-state index is -5.09. The van der Waals surface area contributed by atoms with Gasteiger partial charge in [-0.05, 0) is 35.9 Å². The molecule has 12 heteroatoms. The predicted molar refractivity (Wildman–Crippen MR) is 117 cm³/mol. The number of aromatic nitrogens is 3. The highest BCUT2D eigenvalue weighted by Crippen LogP contribution is 2.36. The van der Waals surface area contributed by atoms with Crippen LogP contribution in [0, 0.1) is 0 Å². The lowest BCUT2D eigenvalue weighted by Gasteiger charge is -2.15. The van der Waals surface area contributed by atoms with Crippen molar-refractivity contribution in [1.29, 1.82) is 0 Å². The fourth-order valence-electron chi connectivity index (χ4n) is 3.56. The number of pyridine rings is 1. The van der Waals surface area contributed by atoms with Crippen LogP contribution >= 0.6 is 0 Å². The van der Waals surface area contributed by atoms with E-state index in [0.29, 0.717) is 23.1 Å². The topological polar surface area (TPSA) is 76.9 Å². The number of halogens is 6. The molecule has 1 N–H and O–H groups in total. The third kappa shape index (κ3) is 5.37. The second kappa shape index (κ2) is 9.44. The van der Waals surface area contributed by atoms with Crippen molar-refractivity contribution in [2.45, 2.75) is 25.4 Å². The first-order valence-electron chi connectivity index (χ1n) is 10.4. The van der Waals surface area contributed by atoms with E-state index in [0.717, 1.165) is 4.68 Å². The molecule has 1 amide bonds. The Labute approximate surface area is 199 Å². The zero-order valence-corrected chi connectivity index (χ0v) is 18.2. The number of fused-ring (bicyclic) bond motifs is 1. The van der Waals surface area contributed by atoms with Crippen molar-refractivity contribution in [1.82, 2.24) is 20.1 Å². The molecule has 0 atom stereocenters. The molecular formula is C24H16F6N4O2. The number of nitrogens with zero attached hydrogens (tertiary/aromatic N) is 3. The Bertz CT molecular complexity index is 1450. The summed E-state index contributed by atoms with van der Waals surface area (Å²) in [5.41, 5.74) is -3.57. The summed E-state index contributed by atoms with van der Waals surface area (Å²) in [4.78, 5) is 29.5. The number of amides is 1. The minimum Gasteiger partial charge on any atom is -0.346 e. The number of hydrogen-bond donors (Lipinski definition) is 1. The zero-order chi connectivity index (χ0) is 26.1. The van der Waals surface area contributed by atoms with Crippen LogP contribution in [-0.2, 0) is 25.4 Å². The van der Waals surface area contributed by atoms with Crippen LogP contribution in [0.2, 0.25) is 0 Å². The van der Waals surface area contributed by atoms with Gasteiger partial charge in [-0.15, -0.1) is 0 Å². The van der Waals surface area contributed by atoms with Gasteiger partial charge in [-0.25, -0.2) is 4.68 Å². The summed E-state index contributed by atoms with van der Waals surface area (Å²) in [5.74, 6) is -1.16. The molecule has 6 nitrogen and oxygen atoms in total. The van der Waals surface area contributed by atoms with Crippen molar-refractivity contribution in [3.05, 3.63) is 105 Å². The molecule has 2 aromatic carbocycles. The first-order valence-corrected chi connectivity index (χ1v) is 10.4. The molecule has 0 saturated heterocycles. The molecule has 0 radical (unpaired) electrons. The van der Waals surface area contributed by atoms with Crippen LogP contribution in [0.3, 0.4) is 0 Å². The predicted octanol–water partition coefficient (Wildman–Crippen LogP) is 4.81. The second-order valence-corrected chi connectivity index (χ2v) is 7.79. The smallest absolute Gasteiger partial charge is 0.346 e. The molecule has 4 aromatic rings. The third-order valence-corrected chi connectivity index (χ3v) is 5.27. The highest BCUT2D eigenvalue weighted by atomic mass is 19.4. The van der Waals surface area contributed by atoms with E-state index in [9.17, 15) is 35.9 Å². The van der Waals surface area contributed by atoms with E-state index in [2.05, 4.69) is 15.4 Å². The van der Waals surface area contributed by atoms with Crippen LogP contribution in [0.4, 0.5) is 26.3 Å². The Morgan fingerprint density at radius 2 is 1.53 bits per heavy atom. The lowest BCUT2D eigenvalue weighted by atomic mass is 10.0. The Kier molecular flexibility index (Phi) is 6.53. The molecule has 2 heterocycles. The van der Waals surface area contributed by atoms with E-state index >= 15 is 0 Å². The van der Waals surface area contributed by atoms with Crippen LogP contribution in [0.15, 0.2) is 71.8 Å². The van der Waals surface area contributed by atoms with Gasteiger partial charge in [-0.2, -0.15) is 31.4 Å². The molecule has 186 valence electrons. The molecule has 0 unspecified atom stereocenters. The number of hydrogen-bond acceptors (Lipinski definition) is 4. The highest BCUT2D eigenvalue weighted by molar-refractivity contribution is 5.95. The van der Waals surface area contributed by atoms with Gasteiger partial charge >= 0.3 is 12.4 Å². The van der Waals surface area contributed by atoms with Gasteiger partial charge in [0.1, 0.15) is 0 Å². The molecule has 2 aromatic heterocycles. The van der Waals surface area contributed by atoms with E-state index in [1.165, 1.54) is 6.20 Å². The molecule has 0 bridgehead atoms. The first-order chi connectivity index (χ1) is 16.9. The standard InChI is InChI=1S/C24H16F6N4O2/c25-23(26,27)16-8-15(9-17(10-16)24(28,29)30)21(35)32-12-20-18-5-1-2-6-19(18)22(36)34(33-20)13-14-4-3-7-31-11-14/h1-11H,12-13H2,(H,32,35). The Morgan fingerprint density at radius 1 is 0.889 bits per heavy atom. The average Bonchev–Trinajstić information content (AvgIpc) is 2.84. The van der Waals surface area contributed by atoms with Crippen LogP contribution in [0.25, 0.3) is 10.8 Å². The zero-order valence-electron chi connectivity index (χ0n) is 18.2. The largest absolute Gasteiger partial charge is 0.416 e. The van der Waals surface area contributed by atoms with Gasteiger partial charge in [0.25, 0.3) is 11.5 Å². The summed E-state index contributed by atoms with van der Waals surface area (Å²) < 4.78 is 80.0. The SMILES string of the molecule is O=C(NCc1nn(Cc2cccnc2)c(=O)c2ccccc12)c1cc(C(F)(F)F)cc(C(F)(F)F)c1. The summed E-state index contributed by atoms with van der Waals surface area (Å²) in [6.07, 6.45) is -7.08. The molecule has 0 aliphatic carbocycles. The quantitative estimate of drug-likeness (QED) is 0.395. The van der Waals surface area contributed by atoms with Gasteiger partial charge in [-0.1, -0.05) is 24.3 Å². The van der Waals surface area contributed by atoms with Crippen LogP contribution in [0.5, 0.6) is 0 Å². The van der Waals surface area contributed by atoms with Crippen LogP contribution in [-0.4, -0.2) is 20.7 Å². The third-order valence-electron chi connectivity index (χ3n) is 5.27. The molecular weight excluding hydrogens is 490 g/mol. The van der Waals surface area contributed by atoms with Crippen molar-refractivity contribution < 1.29 is 31.1 Å². The van der Waals surface area contributed by atoms with Gasteiger partial charge in [0, 0.05) is 23.3 Å². The highest BCUT2D eigenvalue weighted by Gasteiger charge is 2.37. The fraction of sp³-hybridized carbons (Fsp3) is 0.167. The summed E-state index contributed by atoms with van der Waals surface area (Å²) in [6, 6.07) is 10.4. The van der Waals surface area contributed by atoms with Crippen molar-refractivity contribution in [2.24, 2.45) is 0 Å². The molecule has 36 heavy (non-hydrogen) atoms. The van der Waals surface area contributed by atoms with Crippen molar-refractivity contribution in [2.75, 3.05) is 0 Å². The van der Waals surface area contributed by atoms with E-state index < -0.39 is 40.5 Å².